The van der Waals surface area contributed by atoms with Crippen LogP contribution in [-0.4, -0.2) is 16.9 Å². The van der Waals surface area contributed by atoms with E-state index in [0.29, 0.717) is 23.4 Å². The lowest BCUT2D eigenvalue weighted by Crippen LogP contribution is -2.19. The average Bonchev–Trinajstić information content (AvgIpc) is 2.72. The Labute approximate surface area is 188 Å². The van der Waals surface area contributed by atoms with Crippen molar-refractivity contribution in [3.05, 3.63) is 92.5 Å². The number of carbonyl (C=O) groups excluding carboxylic acids is 1. The van der Waals surface area contributed by atoms with Gasteiger partial charge >= 0.3 is 5.97 Å². The third-order valence-corrected chi connectivity index (χ3v) is 6.19. The number of carboxylic acid groups (broad SMARTS) is 1. The highest BCUT2D eigenvalue weighted by Crippen LogP contribution is 2.24. The number of rotatable bonds is 8. The number of carbonyl (C=O) groups is 2. The smallest absolute Gasteiger partial charge is 0.306 e. The maximum Gasteiger partial charge on any atom is 0.306 e. The number of carboxylic acids is 1. The minimum Gasteiger partial charge on any atom is -0.481 e. The van der Waals surface area contributed by atoms with Gasteiger partial charge in [0.25, 0.3) is 0 Å². The van der Waals surface area contributed by atoms with E-state index >= 15 is 0 Å². The Balaban J connectivity index is 1.65. The van der Waals surface area contributed by atoms with Crippen LogP contribution in [0.15, 0.2) is 72.8 Å². The monoisotopic (exact) mass is 518 g/mol. The van der Waals surface area contributed by atoms with Crippen LogP contribution in [0.3, 0.4) is 0 Å². The van der Waals surface area contributed by atoms with E-state index in [2.05, 4.69) is 22.6 Å². The first-order chi connectivity index (χ1) is 13.9. The lowest BCUT2D eigenvalue weighted by Gasteiger charge is -2.13. The largest absolute Gasteiger partial charge is 0.481 e. The van der Waals surface area contributed by atoms with E-state index in [9.17, 15) is 14.7 Å². The molecule has 1 N–H and O–H groups in total. The quantitative estimate of drug-likeness (QED) is 0.273. The van der Waals surface area contributed by atoms with Crippen LogP contribution in [0.25, 0.3) is 11.1 Å². The summed E-state index contributed by atoms with van der Waals surface area (Å²) in [6.07, 6.45) is 1.07. The second-order valence-corrected chi connectivity index (χ2v) is 8.48. The number of ketones is 1. The minimum absolute atomic E-state index is 0.000955. The predicted octanol–water partition coefficient (Wildman–Crippen LogP) is 6.52. The minimum atomic E-state index is -0.929. The SMILES string of the molecule is O=C(CC(CCc1ccccc1I)C(=O)O)c1ccc(-c2ccc(Cl)cc2)cc1. The standard InChI is InChI=1S/C24H20ClIO3/c25-21-13-11-17(12-14-21)16-5-8-19(9-6-16)23(27)15-20(24(28)29)10-7-18-3-1-2-4-22(18)26/h1-6,8-9,11-14,20H,7,10,15H2,(H,28,29). The van der Waals surface area contributed by atoms with Gasteiger partial charge < -0.3 is 5.11 Å². The normalized spacial score (nSPS) is 11.8. The van der Waals surface area contributed by atoms with E-state index in [0.717, 1.165) is 20.3 Å². The first-order valence-corrected chi connectivity index (χ1v) is 10.7. The second kappa shape index (κ2) is 10.0. The Hall–Kier alpha value is -2.18. The van der Waals surface area contributed by atoms with Crippen molar-refractivity contribution in [1.82, 2.24) is 0 Å². The van der Waals surface area contributed by atoms with Crippen molar-refractivity contribution in [3.8, 4) is 11.1 Å². The molecule has 3 nitrogen and oxygen atoms in total. The number of Topliss-reactive ketones (excluding diaryl/α,β-unsaturated/α-hetero) is 1. The molecular weight excluding hydrogens is 499 g/mol. The highest BCUT2D eigenvalue weighted by Gasteiger charge is 2.22. The van der Waals surface area contributed by atoms with Gasteiger partial charge in [0.2, 0.25) is 0 Å². The summed E-state index contributed by atoms with van der Waals surface area (Å²) in [4.78, 5) is 24.3. The molecule has 1 atom stereocenters. The average molecular weight is 519 g/mol. The van der Waals surface area contributed by atoms with Crippen LogP contribution >= 0.6 is 34.2 Å². The van der Waals surface area contributed by atoms with Crippen molar-refractivity contribution >= 4 is 45.9 Å². The molecule has 0 saturated carbocycles. The Morgan fingerprint density at radius 2 is 1.48 bits per heavy atom. The molecule has 29 heavy (non-hydrogen) atoms. The van der Waals surface area contributed by atoms with E-state index in [1.807, 2.05) is 60.7 Å². The molecule has 1 unspecified atom stereocenters. The molecule has 0 fully saturated rings. The van der Waals surface area contributed by atoms with Crippen LogP contribution in [0.1, 0.15) is 28.8 Å². The fraction of sp³-hybridized carbons (Fsp3) is 0.167. The molecule has 0 aliphatic rings. The van der Waals surface area contributed by atoms with Gasteiger partial charge in [0.1, 0.15) is 0 Å². The fourth-order valence-corrected chi connectivity index (χ4v) is 3.96. The predicted molar refractivity (Wildman–Crippen MR) is 124 cm³/mol. The molecule has 3 rings (SSSR count). The third kappa shape index (κ3) is 5.90. The number of hydrogen-bond acceptors (Lipinski definition) is 2. The highest BCUT2D eigenvalue weighted by atomic mass is 127. The molecule has 0 heterocycles. The molecule has 148 valence electrons. The first-order valence-electron chi connectivity index (χ1n) is 9.29. The summed E-state index contributed by atoms with van der Waals surface area (Å²) >= 11 is 8.17. The molecule has 0 aliphatic carbocycles. The van der Waals surface area contributed by atoms with Crippen LogP contribution < -0.4 is 0 Å². The molecule has 0 radical (unpaired) electrons. The van der Waals surface area contributed by atoms with E-state index in [1.165, 1.54) is 0 Å². The van der Waals surface area contributed by atoms with Gasteiger partial charge in [0, 0.05) is 20.6 Å². The Morgan fingerprint density at radius 1 is 0.897 bits per heavy atom. The lowest BCUT2D eigenvalue weighted by atomic mass is 9.92. The van der Waals surface area contributed by atoms with Gasteiger partial charge in [-0.3, -0.25) is 9.59 Å². The van der Waals surface area contributed by atoms with Crippen LogP contribution in [0, 0.1) is 9.49 Å². The molecule has 0 amide bonds. The van der Waals surface area contributed by atoms with Gasteiger partial charge in [-0.05, 0) is 70.3 Å². The zero-order valence-corrected chi connectivity index (χ0v) is 18.6. The van der Waals surface area contributed by atoms with E-state index < -0.39 is 11.9 Å². The summed E-state index contributed by atoms with van der Waals surface area (Å²) in [5.41, 5.74) is 3.63. The Kier molecular flexibility index (Phi) is 7.45. The van der Waals surface area contributed by atoms with Gasteiger partial charge in [-0.2, -0.15) is 0 Å². The summed E-state index contributed by atoms with van der Waals surface area (Å²) < 4.78 is 1.11. The van der Waals surface area contributed by atoms with Crippen LogP contribution in [-0.2, 0) is 11.2 Å². The molecule has 5 heteroatoms. The Morgan fingerprint density at radius 3 is 2.07 bits per heavy atom. The van der Waals surface area contributed by atoms with Gasteiger partial charge in [-0.1, -0.05) is 66.2 Å². The topological polar surface area (TPSA) is 54.4 Å². The van der Waals surface area contributed by atoms with Crippen LogP contribution in [0.2, 0.25) is 5.02 Å². The van der Waals surface area contributed by atoms with Gasteiger partial charge in [-0.25, -0.2) is 0 Å². The molecule has 0 aliphatic heterocycles. The number of aryl methyl sites for hydroxylation is 1. The van der Waals surface area contributed by atoms with Crippen molar-refractivity contribution in [2.45, 2.75) is 19.3 Å². The number of benzene rings is 3. The zero-order chi connectivity index (χ0) is 20.8. The summed E-state index contributed by atoms with van der Waals surface area (Å²) in [5, 5.41) is 10.2. The maximum atomic E-state index is 12.6. The van der Waals surface area contributed by atoms with Gasteiger partial charge in [0.05, 0.1) is 5.92 Å². The van der Waals surface area contributed by atoms with Gasteiger partial charge in [-0.15, -0.1) is 0 Å². The third-order valence-electron chi connectivity index (χ3n) is 4.89. The fourth-order valence-electron chi connectivity index (χ4n) is 3.18. The molecule has 0 bridgehead atoms. The highest BCUT2D eigenvalue weighted by molar-refractivity contribution is 14.1. The van der Waals surface area contributed by atoms with Crippen molar-refractivity contribution in [3.63, 3.8) is 0 Å². The van der Waals surface area contributed by atoms with Gasteiger partial charge in [0.15, 0.2) is 5.78 Å². The molecule has 0 saturated heterocycles. The van der Waals surface area contributed by atoms with Crippen molar-refractivity contribution in [2.75, 3.05) is 0 Å². The number of halogens is 2. The molecule has 3 aromatic carbocycles. The first kappa shape index (κ1) is 21.5. The van der Waals surface area contributed by atoms with Crippen molar-refractivity contribution in [2.24, 2.45) is 5.92 Å². The lowest BCUT2D eigenvalue weighted by molar-refractivity contribution is -0.141. The van der Waals surface area contributed by atoms with E-state index in [4.69, 9.17) is 11.6 Å². The summed E-state index contributed by atoms with van der Waals surface area (Å²) in [6.45, 7) is 0. The van der Waals surface area contributed by atoms with E-state index in [-0.39, 0.29) is 12.2 Å². The van der Waals surface area contributed by atoms with Crippen molar-refractivity contribution < 1.29 is 14.7 Å². The summed E-state index contributed by atoms with van der Waals surface area (Å²) in [5.74, 6) is -1.78. The second-order valence-electron chi connectivity index (χ2n) is 6.88. The maximum absolute atomic E-state index is 12.6. The van der Waals surface area contributed by atoms with Crippen LogP contribution in [0.4, 0.5) is 0 Å². The van der Waals surface area contributed by atoms with Crippen LogP contribution in [0.5, 0.6) is 0 Å². The molecular formula is C24H20ClIO3. The molecule has 0 aromatic heterocycles. The number of aliphatic carboxylic acids is 1. The molecule has 3 aromatic rings. The Bertz CT molecular complexity index is 997. The zero-order valence-electron chi connectivity index (χ0n) is 15.6. The summed E-state index contributed by atoms with van der Waals surface area (Å²) in [7, 11) is 0. The summed E-state index contributed by atoms with van der Waals surface area (Å²) in [6, 6.07) is 22.6. The van der Waals surface area contributed by atoms with E-state index in [1.54, 1.807) is 12.1 Å². The van der Waals surface area contributed by atoms with Crippen molar-refractivity contribution in [1.29, 1.82) is 0 Å². The molecule has 0 spiro atoms. The number of hydrogen-bond donors (Lipinski definition) is 1.